The van der Waals surface area contributed by atoms with Gasteiger partial charge in [0.1, 0.15) is 23.4 Å². The summed E-state index contributed by atoms with van der Waals surface area (Å²) in [5.41, 5.74) is 1.90. The maximum absolute atomic E-state index is 12.8. The van der Waals surface area contributed by atoms with E-state index in [1.54, 1.807) is 13.8 Å². The second-order valence-corrected chi connectivity index (χ2v) is 9.08. The SMILES string of the molecule is C=C(C)C(=O)Oc1c2c(c(OC(=O)C(=C)C)c3ccccc13)C(Oc1cccc3ccccc13)C=CC2. The summed E-state index contributed by atoms with van der Waals surface area (Å²) in [4.78, 5) is 25.4. The molecule has 0 spiro atoms. The van der Waals surface area contributed by atoms with Gasteiger partial charge >= 0.3 is 11.9 Å². The molecule has 0 saturated heterocycles. The lowest BCUT2D eigenvalue weighted by Crippen LogP contribution is -2.19. The molecule has 0 radical (unpaired) electrons. The summed E-state index contributed by atoms with van der Waals surface area (Å²) in [7, 11) is 0. The number of esters is 2. The third kappa shape index (κ3) is 4.52. The molecule has 37 heavy (non-hydrogen) atoms. The van der Waals surface area contributed by atoms with Crippen molar-refractivity contribution in [2.75, 3.05) is 0 Å². The minimum Gasteiger partial charge on any atom is -0.481 e. The summed E-state index contributed by atoms with van der Waals surface area (Å²) < 4.78 is 18.4. The van der Waals surface area contributed by atoms with Gasteiger partial charge in [-0.25, -0.2) is 9.59 Å². The Hall–Kier alpha value is -4.64. The number of benzene rings is 4. The maximum atomic E-state index is 12.8. The van der Waals surface area contributed by atoms with Gasteiger partial charge in [0.25, 0.3) is 0 Å². The highest BCUT2D eigenvalue weighted by Crippen LogP contribution is 2.48. The topological polar surface area (TPSA) is 61.8 Å². The van der Waals surface area contributed by atoms with Crippen molar-refractivity contribution in [3.05, 3.63) is 114 Å². The van der Waals surface area contributed by atoms with E-state index in [0.29, 0.717) is 45.6 Å². The first-order valence-corrected chi connectivity index (χ1v) is 12.0. The largest absolute Gasteiger partial charge is 0.481 e. The van der Waals surface area contributed by atoms with Crippen LogP contribution in [0.15, 0.2) is 103 Å². The van der Waals surface area contributed by atoms with Crippen LogP contribution in [0, 0.1) is 0 Å². The van der Waals surface area contributed by atoms with Crippen molar-refractivity contribution >= 4 is 33.5 Å². The molecule has 1 atom stereocenters. The third-order valence-electron chi connectivity index (χ3n) is 6.27. The Balaban J connectivity index is 1.74. The van der Waals surface area contributed by atoms with Gasteiger partial charge < -0.3 is 14.2 Å². The van der Waals surface area contributed by atoms with Gasteiger partial charge in [-0.2, -0.15) is 0 Å². The number of rotatable bonds is 6. The normalized spacial score (nSPS) is 14.2. The first-order valence-electron chi connectivity index (χ1n) is 12.0. The van der Waals surface area contributed by atoms with Crippen LogP contribution in [0.3, 0.4) is 0 Å². The van der Waals surface area contributed by atoms with E-state index in [1.807, 2.05) is 78.9 Å². The van der Waals surface area contributed by atoms with Crippen LogP contribution in [0.2, 0.25) is 0 Å². The van der Waals surface area contributed by atoms with E-state index < -0.39 is 18.0 Å². The zero-order valence-electron chi connectivity index (χ0n) is 20.7. The van der Waals surface area contributed by atoms with Crippen LogP contribution in [0.5, 0.6) is 17.2 Å². The quantitative estimate of drug-likeness (QED) is 0.124. The highest BCUT2D eigenvalue weighted by atomic mass is 16.5. The summed E-state index contributed by atoms with van der Waals surface area (Å²) in [5.74, 6) is 0.386. The van der Waals surface area contributed by atoms with Crippen LogP contribution in [0.25, 0.3) is 21.5 Å². The molecule has 0 N–H and O–H groups in total. The minimum atomic E-state index is -0.602. The Morgan fingerprint density at radius 3 is 2.00 bits per heavy atom. The van der Waals surface area contributed by atoms with Crippen molar-refractivity contribution in [2.45, 2.75) is 26.4 Å². The van der Waals surface area contributed by atoms with E-state index in [9.17, 15) is 9.59 Å². The fourth-order valence-corrected chi connectivity index (χ4v) is 4.48. The van der Waals surface area contributed by atoms with Crippen LogP contribution in [-0.2, 0) is 16.0 Å². The molecule has 0 aliphatic heterocycles. The fourth-order valence-electron chi connectivity index (χ4n) is 4.48. The van der Waals surface area contributed by atoms with Crippen molar-refractivity contribution in [3.8, 4) is 17.2 Å². The number of carbonyl (C=O) groups is 2. The first kappa shape index (κ1) is 24.1. The van der Waals surface area contributed by atoms with Gasteiger partial charge in [-0.3, -0.25) is 0 Å². The Morgan fingerprint density at radius 1 is 0.757 bits per heavy atom. The monoisotopic (exact) mass is 490 g/mol. The van der Waals surface area contributed by atoms with Crippen LogP contribution >= 0.6 is 0 Å². The summed E-state index contributed by atoms with van der Waals surface area (Å²) in [5, 5.41) is 3.28. The van der Waals surface area contributed by atoms with Crippen molar-refractivity contribution in [2.24, 2.45) is 0 Å². The van der Waals surface area contributed by atoms with E-state index in [4.69, 9.17) is 14.2 Å². The molecule has 5 heteroatoms. The molecule has 0 heterocycles. The number of allylic oxidation sites excluding steroid dienone is 1. The summed E-state index contributed by atoms with van der Waals surface area (Å²) in [6.07, 6.45) is 3.76. The molecule has 0 amide bonds. The molecule has 0 aromatic heterocycles. The van der Waals surface area contributed by atoms with Crippen molar-refractivity contribution < 1.29 is 23.8 Å². The Labute approximate surface area is 215 Å². The van der Waals surface area contributed by atoms with E-state index in [2.05, 4.69) is 13.2 Å². The van der Waals surface area contributed by atoms with E-state index in [-0.39, 0.29) is 11.1 Å². The fraction of sp³-hybridized carbons (Fsp3) is 0.125. The molecule has 5 rings (SSSR count). The van der Waals surface area contributed by atoms with Gasteiger partial charge in [-0.1, -0.05) is 79.9 Å². The molecule has 5 nitrogen and oxygen atoms in total. The van der Waals surface area contributed by atoms with Crippen LogP contribution in [0.4, 0.5) is 0 Å². The van der Waals surface area contributed by atoms with Gasteiger partial charge in [-0.15, -0.1) is 0 Å². The van der Waals surface area contributed by atoms with Crippen LogP contribution in [0.1, 0.15) is 31.1 Å². The molecule has 184 valence electrons. The predicted octanol–water partition coefficient (Wildman–Crippen LogP) is 7.19. The standard InChI is InChI=1S/C32H26O5/c1-19(2)31(33)36-29-23-14-7-8-15-24(23)30(37-32(34)20(3)4)28-25(29)16-10-18-27(28)35-26-17-9-12-21-11-5-6-13-22(21)26/h5-15,17-18,27H,1,3,16H2,2,4H3. The average Bonchev–Trinajstić information content (AvgIpc) is 2.90. The average molecular weight is 491 g/mol. The summed E-state index contributed by atoms with van der Waals surface area (Å²) in [6.45, 7) is 10.7. The molecule has 1 aliphatic carbocycles. The van der Waals surface area contributed by atoms with Crippen LogP contribution < -0.4 is 14.2 Å². The number of carbonyl (C=O) groups excluding carboxylic acids is 2. The number of ether oxygens (including phenoxy) is 3. The first-order chi connectivity index (χ1) is 17.8. The second kappa shape index (κ2) is 9.78. The van der Waals surface area contributed by atoms with Gasteiger partial charge in [0.15, 0.2) is 0 Å². The summed E-state index contributed by atoms with van der Waals surface area (Å²) >= 11 is 0. The highest BCUT2D eigenvalue weighted by Gasteiger charge is 2.31. The van der Waals surface area contributed by atoms with E-state index >= 15 is 0 Å². The molecule has 0 fully saturated rings. The minimum absolute atomic E-state index is 0.272. The van der Waals surface area contributed by atoms with Gasteiger partial charge in [-0.05, 0) is 37.8 Å². The Morgan fingerprint density at radius 2 is 1.32 bits per heavy atom. The Bertz CT molecular complexity index is 1620. The van der Waals surface area contributed by atoms with Crippen molar-refractivity contribution in [1.29, 1.82) is 0 Å². The summed E-state index contributed by atoms with van der Waals surface area (Å²) in [6, 6.07) is 21.2. The molecular weight excluding hydrogens is 464 g/mol. The molecular formula is C32H26O5. The molecule has 4 aromatic rings. The van der Waals surface area contributed by atoms with E-state index in [1.165, 1.54) is 0 Å². The second-order valence-electron chi connectivity index (χ2n) is 9.08. The molecule has 4 aromatic carbocycles. The molecule has 0 bridgehead atoms. The third-order valence-corrected chi connectivity index (χ3v) is 6.27. The van der Waals surface area contributed by atoms with Crippen molar-refractivity contribution in [1.82, 2.24) is 0 Å². The van der Waals surface area contributed by atoms with Crippen LogP contribution in [-0.4, -0.2) is 11.9 Å². The smallest absolute Gasteiger partial charge is 0.338 e. The molecule has 1 aliphatic rings. The predicted molar refractivity (Wildman–Crippen MR) is 145 cm³/mol. The zero-order valence-corrected chi connectivity index (χ0v) is 20.7. The lowest BCUT2D eigenvalue weighted by atomic mass is 9.88. The lowest BCUT2D eigenvalue weighted by Gasteiger charge is -2.28. The number of hydrogen-bond acceptors (Lipinski definition) is 5. The van der Waals surface area contributed by atoms with Gasteiger partial charge in [0.05, 0.1) is 0 Å². The van der Waals surface area contributed by atoms with E-state index in [0.717, 1.165) is 10.8 Å². The zero-order chi connectivity index (χ0) is 26.1. The Kier molecular flexibility index (Phi) is 6.36. The maximum Gasteiger partial charge on any atom is 0.338 e. The van der Waals surface area contributed by atoms with Gasteiger partial charge in [0.2, 0.25) is 0 Å². The molecule has 0 saturated carbocycles. The molecule has 1 unspecified atom stereocenters. The number of hydrogen-bond donors (Lipinski definition) is 0. The van der Waals surface area contributed by atoms with Crippen molar-refractivity contribution in [3.63, 3.8) is 0 Å². The number of fused-ring (bicyclic) bond motifs is 3. The lowest BCUT2D eigenvalue weighted by molar-refractivity contribution is -0.131. The highest BCUT2D eigenvalue weighted by molar-refractivity contribution is 6.01. The van der Waals surface area contributed by atoms with Gasteiger partial charge in [0, 0.05) is 38.4 Å².